The molecule has 1 unspecified atom stereocenters. The van der Waals surface area contributed by atoms with Crippen LogP contribution in [-0.2, 0) is 10.0 Å². The molecule has 0 aliphatic rings. The molecule has 2 aromatic carbocycles. The molecular weight excluding hydrogens is 286 g/mol. The van der Waals surface area contributed by atoms with Crippen LogP contribution in [0.5, 0.6) is 0 Å². The fourth-order valence-electron chi connectivity index (χ4n) is 2.03. The number of hydrogen-bond donors (Lipinski definition) is 2. The number of rotatable bonds is 5. The molecule has 0 aliphatic carbocycles. The normalized spacial score (nSPS) is 13.1. The Morgan fingerprint density at radius 1 is 1.05 bits per heavy atom. The molecule has 0 spiro atoms. The molecule has 4 nitrogen and oxygen atoms in total. The zero-order chi connectivity index (χ0) is 15.5. The summed E-state index contributed by atoms with van der Waals surface area (Å²) < 4.78 is 27.4. The molecule has 0 amide bonds. The molecule has 0 saturated heterocycles. The van der Waals surface area contributed by atoms with Crippen molar-refractivity contribution < 1.29 is 13.5 Å². The minimum atomic E-state index is -3.67. The zero-order valence-electron chi connectivity index (χ0n) is 12.1. The van der Waals surface area contributed by atoms with E-state index >= 15 is 0 Å². The van der Waals surface area contributed by atoms with E-state index in [4.69, 9.17) is 0 Å². The molecule has 0 bridgehead atoms. The number of sulfonamides is 1. The molecule has 2 aromatic rings. The summed E-state index contributed by atoms with van der Waals surface area (Å²) in [6.45, 7) is 3.50. The summed E-state index contributed by atoms with van der Waals surface area (Å²) in [7, 11) is -3.67. The quantitative estimate of drug-likeness (QED) is 0.891. The lowest BCUT2D eigenvalue weighted by Crippen LogP contribution is -2.30. The van der Waals surface area contributed by atoms with E-state index in [0.29, 0.717) is 0 Å². The van der Waals surface area contributed by atoms with E-state index in [1.54, 1.807) is 30.3 Å². The summed E-state index contributed by atoms with van der Waals surface area (Å²) in [4.78, 5) is 0.208. The maximum absolute atomic E-state index is 12.4. The van der Waals surface area contributed by atoms with Gasteiger partial charge in [-0.3, -0.25) is 0 Å². The summed E-state index contributed by atoms with van der Waals surface area (Å²) in [5.41, 5.74) is 2.68. The third-order valence-corrected chi connectivity index (χ3v) is 4.94. The Hall–Kier alpha value is -1.69. The predicted molar refractivity (Wildman–Crippen MR) is 82.5 cm³/mol. The van der Waals surface area contributed by atoms with Gasteiger partial charge in [-0.2, -0.15) is 0 Å². The molecule has 21 heavy (non-hydrogen) atoms. The molecular formula is C16H19NO3S. The van der Waals surface area contributed by atoms with Gasteiger partial charge < -0.3 is 5.11 Å². The Morgan fingerprint density at radius 3 is 2.29 bits per heavy atom. The molecule has 0 heterocycles. The van der Waals surface area contributed by atoms with Crippen LogP contribution in [0.1, 0.15) is 22.7 Å². The lowest BCUT2D eigenvalue weighted by molar-refractivity contribution is 0.259. The average Bonchev–Trinajstić information content (AvgIpc) is 2.48. The van der Waals surface area contributed by atoms with E-state index in [2.05, 4.69) is 4.72 Å². The van der Waals surface area contributed by atoms with Crippen molar-refractivity contribution in [1.82, 2.24) is 4.72 Å². The first-order valence-corrected chi connectivity index (χ1v) is 8.18. The van der Waals surface area contributed by atoms with Crippen LogP contribution in [0.4, 0.5) is 0 Å². The Bertz CT molecular complexity index is 712. The van der Waals surface area contributed by atoms with Gasteiger partial charge in [-0.1, -0.05) is 36.4 Å². The number of nitrogens with one attached hydrogen (secondary N) is 1. The smallest absolute Gasteiger partial charge is 0.241 e. The fraction of sp³-hybridized carbons (Fsp3) is 0.250. The van der Waals surface area contributed by atoms with Gasteiger partial charge in [0.15, 0.2) is 0 Å². The number of aliphatic hydroxyl groups excluding tert-OH is 1. The van der Waals surface area contributed by atoms with Gasteiger partial charge in [0.1, 0.15) is 0 Å². The van der Waals surface area contributed by atoms with Crippen LogP contribution in [0.25, 0.3) is 0 Å². The summed E-state index contributed by atoms with van der Waals surface area (Å²) in [6.07, 6.45) is 0. The van der Waals surface area contributed by atoms with Gasteiger partial charge in [-0.15, -0.1) is 0 Å². The molecule has 0 saturated carbocycles. The summed E-state index contributed by atoms with van der Waals surface area (Å²) in [5, 5.41) is 9.46. The van der Waals surface area contributed by atoms with Crippen molar-refractivity contribution in [1.29, 1.82) is 0 Å². The van der Waals surface area contributed by atoms with Gasteiger partial charge in [-0.05, 0) is 42.7 Å². The van der Waals surface area contributed by atoms with Crippen LogP contribution in [0.15, 0.2) is 53.4 Å². The number of aryl methyl sites for hydroxylation is 2. The zero-order valence-corrected chi connectivity index (χ0v) is 12.9. The van der Waals surface area contributed by atoms with Gasteiger partial charge in [0.05, 0.1) is 17.5 Å². The molecule has 5 heteroatoms. The van der Waals surface area contributed by atoms with Gasteiger partial charge >= 0.3 is 0 Å². The second kappa shape index (κ2) is 6.39. The van der Waals surface area contributed by atoms with Crippen LogP contribution in [0.3, 0.4) is 0 Å². The van der Waals surface area contributed by atoms with Gasteiger partial charge in [-0.25, -0.2) is 13.1 Å². The maximum atomic E-state index is 12.4. The first-order chi connectivity index (χ1) is 9.94. The van der Waals surface area contributed by atoms with E-state index in [0.717, 1.165) is 16.7 Å². The molecule has 0 aromatic heterocycles. The molecule has 0 aliphatic heterocycles. The van der Waals surface area contributed by atoms with E-state index in [1.165, 1.54) is 0 Å². The van der Waals surface area contributed by atoms with E-state index in [9.17, 15) is 13.5 Å². The fourth-order valence-corrected chi connectivity index (χ4v) is 3.33. The van der Waals surface area contributed by atoms with Crippen molar-refractivity contribution in [2.45, 2.75) is 24.8 Å². The topological polar surface area (TPSA) is 66.4 Å². The molecule has 2 rings (SSSR count). The van der Waals surface area contributed by atoms with Gasteiger partial charge in [0.25, 0.3) is 0 Å². The third kappa shape index (κ3) is 3.69. The Balaban J connectivity index is 2.29. The molecule has 1 atom stereocenters. The van der Waals surface area contributed by atoms with E-state index in [-0.39, 0.29) is 11.5 Å². The van der Waals surface area contributed by atoms with Crippen molar-refractivity contribution in [3.8, 4) is 0 Å². The van der Waals surface area contributed by atoms with Crippen LogP contribution >= 0.6 is 0 Å². The first-order valence-electron chi connectivity index (χ1n) is 6.69. The lowest BCUT2D eigenvalue weighted by Gasteiger charge is -2.17. The molecule has 0 fully saturated rings. The number of aliphatic hydroxyl groups is 1. The Morgan fingerprint density at radius 2 is 1.71 bits per heavy atom. The minimum Gasteiger partial charge on any atom is -0.394 e. The summed E-state index contributed by atoms with van der Waals surface area (Å²) in [6, 6.07) is 13.4. The van der Waals surface area contributed by atoms with Crippen molar-refractivity contribution >= 4 is 10.0 Å². The lowest BCUT2D eigenvalue weighted by atomic mass is 10.1. The third-order valence-electron chi connectivity index (χ3n) is 3.47. The summed E-state index contributed by atoms with van der Waals surface area (Å²) in [5.74, 6) is 0. The first kappa shape index (κ1) is 15.7. The maximum Gasteiger partial charge on any atom is 0.241 e. The number of benzene rings is 2. The molecule has 112 valence electrons. The number of hydrogen-bond acceptors (Lipinski definition) is 3. The molecule has 2 N–H and O–H groups in total. The van der Waals surface area contributed by atoms with Crippen LogP contribution in [0, 0.1) is 13.8 Å². The highest BCUT2D eigenvalue weighted by atomic mass is 32.2. The minimum absolute atomic E-state index is 0.208. The monoisotopic (exact) mass is 305 g/mol. The van der Waals surface area contributed by atoms with E-state index in [1.807, 2.05) is 32.0 Å². The average molecular weight is 305 g/mol. The van der Waals surface area contributed by atoms with Gasteiger partial charge in [0.2, 0.25) is 10.0 Å². The largest absolute Gasteiger partial charge is 0.394 e. The Kier molecular flexibility index (Phi) is 4.77. The van der Waals surface area contributed by atoms with E-state index < -0.39 is 16.1 Å². The second-order valence-electron chi connectivity index (χ2n) is 5.01. The van der Waals surface area contributed by atoms with Crippen LogP contribution in [-0.4, -0.2) is 20.1 Å². The summed E-state index contributed by atoms with van der Waals surface area (Å²) >= 11 is 0. The highest BCUT2D eigenvalue weighted by molar-refractivity contribution is 7.89. The van der Waals surface area contributed by atoms with Crippen LogP contribution in [0.2, 0.25) is 0 Å². The van der Waals surface area contributed by atoms with Crippen molar-refractivity contribution in [3.05, 3.63) is 65.2 Å². The van der Waals surface area contributed by atoms with Crippen molar-refractivity contribution in [2.24, 2.45) is 0 Å². The highest BCUT2D eigenvalue weighted by Gasteiger charge is 2.21. The SMILES string of the molecule is Cc1ccc(S(=O)(=O)NC(CO)c2ccccc2)cc1C. The second-order valence-corrected chi connectivity index (χ2v) is 6.73. The van der Waals surface area contributed by atoms with Crippen molar-refractivity contribution in [2.75, 3.05) is 6.61 Å². The van der Waals surface area contributed by atoms with Crippen LogP contribution < -0.4 is 4.72 Å². The Labute approximate surface area is 125 Å². The highest BCUT2D eigenvalue weighted by Crippen LogP contribution is 2.19. The molecule has 0 radical (unpaired) electrons. The standard InChI is InChI=1S/C16H19NO3S/c1-12-8-9-15(10-13(12)2)21(19,20)17-16(11-18)14-6-4-3-5-7-14/h3-10,16-18H,11H2,1-2H3. The van der Waals surface area contributed by atoms with Crippen molar-refractivity contribution in [3.63, 3.8) is 0 Å². The predicted octanol–water partition coefficient (Wildman–Crippen LogP) is 2.32. The van der Waals surface area contributed by atoms with Gasteiger partial charge in [0, 0.05) is 0 Å².